The number of amides is 1. The molecule has 8 nitrogen and oxygen atoms in total. The maximum Gasteiger partial charge on any atom is 0.148 e. The van der Waals surface area contributed by atoms with Crippen LogP contribution in [-0.4, -0.2) is 78.0 Å². The summed E-state index contributed by atoms with van der Waals surface area (Å²) in [6.07, 6.45) is 6.99. The average molecular weight is 1090 g/mol. The van der Waals surface area contributed by atoms with Gasteiger partial charge >= 0.3 is 62.5 Å². The van der Waals surface area contributed by atoms with Gasteiger partial charge in [0.15, 0.2) is 0 Å². The van der Waals surface area contributed by atoms with Crippen molar-refractivity contribution in [2.75, 3.05) is 49.9 Å². The van der Waals surface area contributed by atoms with E-state index in [1.54, 1.807) is 49.4 Å². The number of carbonyl (C=O) groups excluding carboxylic acids is 4. The first-order valence-corrected chi connectivity index (χ1v) is 32.7. The van der Waals surface area contributed by atoms with Gasteiger partial charge in [-0.2, -0.15) is 12.6 Å². The Balaban J connectivity index is -0.000000254. The van der Waals surface area contributed by atoms with Crippen molar-refractivity contribution < 1.29 is 41.9 Å². The van der Waals surface area contributed by atoms with Gasteiger partial charge in [0.05, 0.1) is 14.2 Å². The summed E-state index contributed by atoms with van der Waals surface area (Å²) in [7, 11) is 16.4. The van der Waals surface area contributed by atoms with Crippen LogP contribution in [-0.2, 0) is 23.9 Å². The zero-order valence-electron chi connectivity index (χ0n) is 24.6. The van der Waals surface area contributed by atoms with Crippen molar-refractivity contribution >= 4 is 144 Å². The normalized spacial score (nSPS) is 9.23. The summed E-state index contributed by atoms with van der Waals surface area (Å²) in [5, 5.41) is 3.58. The van der Waals surface area contributed by atoms with E-state index in [-0.39, 0.29) is 17.0 Å². The number of esters is 1. The topological polar surface area (TPSA) is 112 Å². The Morgan fingerprint density at radius 2 is 1.47 bits per heavy atom. The number of nitrogens with one attached hydrogen (secondary N) is 1. The Hall–Kier alpha value is 2.46. The van der Waals surface area contributed by atoms with Crippen LogP contribution in [0.15, 0.2) is 29.4 Å². The van der Waals surface area contributed by atoms with E-state index in [0.29, 0.717) is 39.1 Å². The van der Waals surface area contributed by atoms with Crippen molar-refractivity contribution in [3.05, 3.63) is 24.4 Å². The van der Waals surface area contributed by atoms with Gasteiger partial charge < -0.3 is 14.8 Å². The summed E-state index contributed by atoms with van der Waals surface area (Å²) in [5.41, 5.74) is 0.348. The Morgan fingerprint density at radius 3 is 1.88 bits per heavy atom. The number of nitrogens with zero attached hydrogens (tertiary/aromatic N) is 1. The Kier molecular flexibility index (Phi) is 56.6. The molecule has 0 radical (unpaired) electrons. The Bertz CT molecular complexity index is 787. The van der Waals surface area contributed by atoms with Crippen LogP contribution in [0, 0.1) is 0 Å². The second kappa shape index (κ2) is 46.6. The SMILES string of the molecule is CCP.COC(=O)CCCSSCCCC(=O)P.COC(=O)NCCSSc1ccccn1.I[I-]I.O=C(P)CCCS. The van der Waals surface area contributed by atoms with Crippen LogP contribution in [0.1, 0.15) is 45.4 Å². The molecule has 254 valence electrons. The minimum absolute atomic E-state index is 0.144. The molecule has 1 aromatic rings. The fourth-order valence-corrected chi connectivity index (χ4v) is 6.35. The molecule has 1 rings (SSSR count). The molecule has 3 atom stereocenters. The summed E-state index contributed by atoms with van der Waals surface area (Å²) in [6.45, 7) is 2.68. The molecule has 1 heterocycles. The van der Waals surface area contributed by atoms with E-state index in [4.69, 9.17) is 0 Å². The molecule has 1 aromatic heterocycles. The molecule has 3 unspecified atom stereocenters. The predicted molar refractivity (Wildman–Crippen MR) is 219 cm³/mol. The van der Waals surface area contributed by atoms with Crippen LogP contribution < -0.4 is 18.6 Å². The van der Waals surface area contributed by atoms with Gasteiger partial charge in [-0.05, 0) is 54.1 Å². The number of hydrogen-bond acceptors (Lipinski definition) is 12. The molecular weight excluding hydrogens is 1050 g/mol. The predicted octanol–water partition coefficient (Wildman–Crippen LogP) is 5.44. The Morgan fingerprint density at radius 1 is 0.930 bits per heavy atom. The maximum absolute atomic E-state index is 10.7. The number of carbonyl (C=O) groups is 4. The fraction of sp³-hybridized carbons (Fsp3) is 0.625. The second-order valence-electron chi connectivity index (χ2n) is 7.14. The van der Waals surface area contributed by atoms with Gasteiger partial charge in [-0.3, -0.25) is 14.4 Å². The van der Waals surface area contributed by atoms with Gasteiger partial charge in [0.25, 0.3) is 0 Å². The third kappa shape index (κ3) is 57.1. The second-order valence-corrected chi connectivity index (χ2v) is 31.1. The fourth-order valence-electron chi connectivity index (χ4n) is 1.82. The van der Waals surface area contributed by atoms with Crippen molar-refractivity contribution in [1.82, 2.24) is 10.3 Å². The van der Waals surface area contributed by atoms with Crippen LogP contribution in [0.5, 0.6) is 0 Å². The van der Waals surface area contributed by atoms with Crippen molar-refractivity contribution in [3.8, 4) is 0 Å². The quantitative estimate of drug-likeness (QED) is 0.0521. The van der Waals surface area contributed by atoms with Crippen LogP contribution in [0.2, 0.25) is 0 Å². The molecular formula is C24H45I3N2O6P3S5-. The minimum Gasteiger partial charge on any atom is -0.295 e. The summed E-state index contributed by atoms with van der Waals surface area (Å²) < 4.78 is 8.96. The van der Waals surface area contributed by atoms with Crippen molar-refractivity contribution in [3.63, 3.8) is 0 Å². The van der Waals surface area contributed by atoms with Crippen molar-refractivity contribution in [2.45, 2.75) is 50.5 Å². The Labute approximate surface area is 316 Å². The zero-order valence-corrected chi connectivity index (χ0v) is 38.7. The molecule has 0 bridgehead atoms. The third-order valence-electron chi connectivity index (χ3n) is 3.57. The van der Waals surface area contributed by atoms with Gasteiger partial charge in [-0.25, -0.2) is 9.78 Å². The van der Waals surface area contributed by atoms with Crippen molar-refractivity contribution in [1.29, 1.82) is 0 Å². The number of hydrogen-bond donors (Lipinski definition) is 2. The molecule has 0 aromatic carbocycles. The first kappa shape index (κ1) is 52.3. The third-order valence-corrected chi connectivity index (χ3v) is 9.31. The van der Waals surface area contributed by atoms with Crippen LogP contribution in [0.25, 0.3) is 0 Å². The molecule has 19 heteroatoms. The summed E-state index contributed by atoms with van der Waals surface area (Å²) >= 11 is 9.23. The molecule has 0 aliphatic heterocycles. The van der Waals surface area contributed by atoms with Crippen LogP contribution in [0.3, 0.4) is 0 Å². The van der Waals surface area contributed by atoms with E-state index in [1.807, 2.05) is 18.2 Å². The summed E-state index contributed by atoms with van der Waals surface area (Å²) in [4.78, 5) is 46.3. The average Bonchev–Trinajstić information content (AvgIpc) is 2.98. The zero-order chi connectivity index (χ0) is 33.6. The first-order valence-electron chi connectivity index (χ1n) is 12.7. The molecule has 43 heavy (non-hydrogen) atoms. The van der Waals surface area contributed by atoms with E-state index in [9.17, 15) is 19.2 Å². The van der Waals surface area contributed by atoms with Gasteiger partial charge in [-0.15, -0.1) is 9.24 Å². The number of halogens is 3. The van der Waals surface area contributed by atoms with Crippen LogP contribution in [0.4, 0.5) is 4.79 Å². The van der Waals surface area contributed by atoms with E-state index >= 15 is 0 Å². The van der Waals surface area contributed by atoms with Crippen LogP contribution >= 0.6 is 121 Å². The van der Waals surface area contributed by atoms with Gasteiger partial charge in [0, 0.05) is 49.3 Å². The van der Waals surface area contributed by atoms with Crippen molar-refractivity contribution in [2.24, 2.45) is 0 Å². The molecule has 0 fully saturated rings. The molecule has 0 saturated heterocycles. The van der Waals surface area contributed by atoms with Gasteiger partial charge in [-0.1, -0.05) is 63.9 Å². The molecule has 0 aliphatic rings. The smallest absolute Gasteiger partial charge is 0.148 e. The van der Waals surface area contributed by atoms with Gasteiger partial charge in [0.1, 0.15) is 16.1 Å². The van der Waals surface area contributed by atoms with E-state index in [1.165, 1.54) is 20.4 Å². The number of thiol groups is 1. The number of pyridine rings is 1. The number of aromatic nitrogens is 1. The molecule has 1 N–H and O–H groups in total. The molecule has 0 saturated carbocycles. The van der Waals surface area contributed by atoms with E-state index < -0.39 is 6.09 Å². The molecule has 0 aliphatic carbocycles. The molecule has 0 spiro atoms. The number of ether oxygens (including phenoxy) is 2. The standard InChI is InChI=1S/C9H12N2O2S2.C9H17O3PS2.C4H9OPS.C2H7P.I3/c1-13-9(12)11-6-7-14-15-8-4-2-3-5-10-8;1-12-8(10)4-2-6-14-15-7-3-5-9(11)13;5-4(6)2-1-3-7;1-2-3;1-3-2/h2-5H,6-7H2,1H3,(H,11,12);2-7,13H2,1H3;7H,1-3,6H2;2-3H2,1H3;/q;;;;-1. The van der Waals surface area contributed by atoms with E-state index in [0.717, 1.165) is 47.3 Å². The first-order chi connectivity index (χ1) is 20.6. The van der Waals surface area contributed by atoms with Gasteiger partial charge in [0.2, 0.25) is 0 Å². The summed E-state index contributed by atoms with van der Waals surface area (Å²) in [5.74, 6) is 3.42. The summed E-state index contributed by atoms with van der Waals surface area (Å²) in [6, 6.07) is 5.78. The van der Waals surface area contributed by atoms with E-state index in [2.05, 4.69) is 104 Å². The largest absolute Gasteiger partial charge is 0.295 e. The molecule has 1 amide bonds. The maximum atomic E-state index is 10.7. The number of methoxy groups -OCH3 is 2. The monoisotopic (exact) mass is 1090 g/mol. The number of rotatable bonds is 17. The number of alkyl carbamates (subject to hydrolysis) is 1. The minimum atomic E-state index is -0.390.